The smallest absolute Gasteiger partial charge is 0.253 e. The number of aryl methyl sites for hydroxylation is 1. The highest BCUT2D eigenvalue weighted by atomic mass is 16.2. The van der Waals surface area contributed by atoms with Crippen LogP contribution >= 0.6 is 0 Å². The van der Waals surface area contributed by atoms with Gasteiger partial charge >= 0.3 is 0 Å². The third-order valence-electron chi connectivity index (χ3n) is 5.31. The van der Waals surface area contributed by atoms with Crippen molar-refractivity contribution in [2.75, 3.05) is 20.6 Å². The Labute approximate surface area is 153 Å². The van der Waals surface area contributed by atoms with Crippen molar-refractivity contribution in [3.8, 4) is 0 Å². The molecular weight excluding hydrogens is 326 g/mol. The van der Waals surface area contributed by atoms with Crippen LogP contribution in [0.2, 0.25) is 0 Å². The van der Waals surface area contributed by atoms with E-state index >= 15 is 0 Å². The largest absolute Gasteiger partial charge is 0.340 e. The molecule has 134 valence electrons. The molecule has 2 aromatic carbocycles. The maximum atomic E-state index is 12.9. The fraction of sp³-hybridized carbons (Fsp3) is 0.350. The Kier molecular flexibility index (Phi) is 4.20. The summed E-state index contributed by atoms with van der Waals surface area (Å²) in [6.45, 7) is 1.62. The first-order valence-corrected chi connectivity index (χ1v) is 8.85. The van der Waals surface area contributed by atoms with E-state index in [9.17, 15) is 4.79 Å². The molecule has 0 fully saturated rings. The first-order chi connectivity index (χ1) is 12.5. The second kappa shape index (κ2) is 6.53. The SMILES string of the molecule is CN(C[C@@H]1Cc2ccccc2CN1C)C(=O)c1ccc2c(c1)nnn2C. The van der Waals surface area contributed by atoms with Gasteiger partial charge in [0.1, 0.15) is 5.52 Å². The van der Waals surface area contributed by atoms with Crippen molar-refractivity contribution in [1.29, 1.82) is 0 Å². The van der Waals surface area contributed by atoms with Crippen LogP contribution in [0, 0.1) is 0 Å². The van der Waals surface area contributed by atoms with Crippen LogP contribution in [0.5, 0.6) is 0 Å². The van der Waals surface area contributed by atoms with Crippen LogP contribution in [0.4, 0.5) is 0 Å². The molecule has 6 nitrogen and oxygen atoms in total. The van der Waals surface area contributed by atoms with Crippen LogP contribution in [0.25, 0.3) is 11.0 Å². The van der Waals surface area contributed by atoms with Crippen LogP contribution in [0.1, 0.15) is 21.5 Å². The molecule has 1 aromatic heterocycles. The summed E-state index contributed by atoms with van der Waals surface area (Å²) in [5.74, 6) is 0.0183. The van der Waals surface area contributed by atoms with Gasteiger partial charge in [-0.1, -0.05) is 29.5 Å². The van der Waals surface area contributed by atoms with Crippen molar-refractivity contribution in [1.82, 2.24) is 24.8 Å². The Morgan fingerprint density at radius 1 is 1.19 bits per heavy atom. The monoisotopic (exact) mass is 349 g/mol. The quantitative estimate of drug-likeness (QED) is 0.727. The van der Waals surface area contributed by atoms with Crippen LogP contribution in [-0.2, 0) is 20.0 Å². The summed E-state index contributed by atoms with van der Waals surface area (Å²) in [6.07, 6.45) is 0.966. The van der Waals surface area contributed by atoms with Gasteiger partial charge in [-0.05, 0) is 42.8 Å². The second-order valence-corrected chi connectivity index (χ2v) is 7.14. The lowest BCUT2D eigenvalue weighted by atomic mass is 9.94. The summed E-state index contributed by atoms with van der Waals surface area (Å²) >= 11 is 0. The Hall–Kier alpha value is -2.73. The number of benzene rings is 2. The van der Waals surface area contributed by atoms with Gasteiger partial charge in [0, 0.05) is 38.8 Å². The van der Waals surface area contributed by atoms with Crippen LogP contribution in [0.3, 0.4) is 0 Å². The topological polar surface area (TPSA) is 54.3 Å². The van der Waals surface area contributed by atoms with E-state index < -0.39 is 0 Å². The number of fused-ring (bicyclic) bond motifs is 2. The average molecular weight is 349 g/mol. The summed E-state index contributed by atoms with van der Waals surface area (Å²) < 4.78 is 1.71. The zero-order valence-corrected chi connectivity index (χ0v) is 15.4. The van der Waals surface area contributed by atoms with Crippen molar-refractivity contribution in [2.45, 2.75) is 19.0 Å². The molecule has 1 aliphatic heterocycles. The molecule has 0 radical (unpaired) electrons. The molecule has 3 aromatic rings. The summed E-state index contributed by atoms with van der Waals surface area (Å²) in [4.78, 5) is 17.0. The minimum Gasteiger partial charge on any atom is -0.340 e. The van der Waals surface area contributed by atoms with E-state index in [2.05, 4.69) is 46.5 Å². The van der Waals surface area contributed by atoms with Gasteiger partial charge in [-0.2, -0.15) is 0 Å². The van der Waals surface area contributed by atoms with Crippen molar-refractivity contribution >= 4 is 16.9 Å². The predicted octanol–water partition coefficient (Wildman–Crippen LogP) is 2.10. The molecule has 1 atom stereocenters. The van der Waals surface area contributed by atoms with E-state index in [4.69, 9.17) is 0 Å². The minimum atomic E-state index is 0.0183. The number of aromatic nitrogens is 3. The normalized spacial score (nSPS) is 17.3. The summed E-state index contributed by atoms with van der Waals surface area (Å²) in [5, 5.41) is 8.11. The molecule has 1 aliphatic rings. The number of nitrogens with zero attached hydrogens (tertiary/aromatic N) is 5. The first-order valence-electron chi connectivity index (χ1n) is 8.85. The van der Waals surface area contributed by atoms with E-state index in [1.54, 1.807) is 4.68 Å². The molecule has 4 rings (SSSR count). The van der Waals surface area contributed by atoms with Crippen molar-refractivity contribution < 1.29 is 4.79 Å². The minimum absolute atomic E-state index is 0.0183. The molecule has 6 heteroatoms. The number of amides is 1. The number of hydrogen-bond acceptors (Lipinski definition) is 4. The van der Waals surface area contributed by atoms with Crippen molar-refractivity contribution in [3.05, 3.63) is 59.2 Å². The van der Waals surface area contributed by atoms with Gasteiger partial charge in [0.05, 0.1) is 5.52 Å². The molecule has 0 spiro atoms. The Balaban J connectivity index is 1.50. The fourth-order valence-electron chi connectivity index (χ4n) is 3.72. The van der Waals surface area contributed by atoms with Crippen molar-refractivity contribution in [2.24, 2.45) is 7.05 Å². The lowest BCUT2D eigenvalue weighted by Gasteiger charge is -2.36. The fourth-order valence-corrected chi connectivity index (χ4v) is 3.72. The third kappa shape index (κ3) is 2.97. The van der Waals surface area contributed by atoms with Crippen LogP contribution in [0.15, 0.2) is 42.5 Å². The molecule has 0 saturated heterocycles. The van der Waals surface area contributed by atoms with E-state index in [0.717, 1.165) is 24.0 Å². The summed E-state index contributed by atoms with van der Waals surface area (Å²) in [6, 6.07) is 14.5. The van der Waals surface area contributed by atoms with Crippen LogP contribution < -0.4 is 0 Å². The molecule has 0 N–H and O–H groups in total. The number of carbonyl (C=O) groups excluding carboxylic acids is 1. The molecule has 2 heterocycles. The maximum absolute atomic E-state index is 12.9. The van der Waals surface area contributed by atoms with Gasteiger partial charge in [-0.15, -0.1) is 5.10 Å². The number of carbonyl (C=O) groups is 1. The van der Waals surface area contributed by atoms with Gasteiger partial charge in [0.15, 0.2) is 0 Å². The lowest BCUT2D eigenvalue weighted by molar-refractivity contribution is 0.0733. The molecular formula is C20H23N5O. The van der Waals surface area contributed by atoms with E-state index in [0.29, 0.717) is 18.2 Å². The van der Waals surface area contributed by atoms with Crippen LogP contribution in [-0.4, -0.2) is 57.4 Å². The number of rotatable bonds is 3. The van der Waals surface area contributed by atoms with Gasteiger partial charge in [-0.25, -0.2) is 4.68 Å². The summed E-state index contributed by atoms with van der Waals surface area (Å²) in [5.41, 5.74) is 5.09. The Morgan fingerprint density at radius 3 is 2.77 bits per heavy atom. The lowest BCUT2D eigenvalue weighted by Crippen LogP contribution is -2.46. The predicted molar refractivity (Wildman–Crippen MR) is 101 cm³/mol. The maximum Gasteiger partial charge on any atom is 0.253 e. The second-order valence-electron chi connectivity index (χ2n) is 7.14. The van der Waals surface area contributed by atoms with Gasteiger partial charge in [-0.3, -0.25) is 9.69 Å². The highest BCUT2D eigenvalue weighted by Crippen LogP contribution is 2.23. The van der Waals surface area contributed by atoms with Gasteiger partial charge < -0.3 is 4.90 Å². The molecule has 0 saturated carbocycles. The highest BCUT2D eigenvalue weighted by molar-refractivity contribution is 5.97. The third-order valence-corrected chi connectivity index (χ3v) is 5.31. The zero-order valence-electron chi connectivity index (χ0n) is 15.4. The van der Waals surface area contributed by atoms with E-state index in [1.165, 1.54) is 11.1 Å². The van der Waals surface area contributed by atoms with Gasteiger partial charge in [0.25, 0.3) is 5.91 Å². The standard InChI is InChI=1S/C20H23N5O/c1-23-12-16-7-5-4-6-14(16)10-17(23)13-24(2)20(26)15-8-9-19-18(11-15)21-22-25(19)3/h4-9,11,17H,10,12-13H2,1-3H3/t17-/m0/s1. The Morgan fingerprint density at radius 2 is 1.96 bits per heavy atom. The summed E-state index contributed by atoms with van der Waals surface area (Å²) in [7, 11) is 5.85. The van der Waals surface area contributed by atoms with Crippen molar-refractivity contribution in [3.63, 3.8) is 0 Å². The average Bonchev–Trinajstić information content (AvgIpc) is 3.02. The molecule has 0 unspecified atom stereocenters. The Bertz CT molecular complexity index is 964. The molecule has 26 heavy (non-hydrogen) atoms. The highest BCUT2D eigenvalue weighted by Gasteiger charge is 2.26. The van der Waals surface area contributed by atoms with E-state index in [1.807, 2.05) is 37.2 Å². The first kappa shape index (κ1) is 16.7. The number of hydrogen-bond donors (Lipinski definition) is 0. The molecule has 0 aliphatic carbocycles. The molecule has 0 bridgehead atoms. The zero-order chi connectivity index (χ0) is 18.3. The van der Waals surface area contributed by atoms with E-state index in [-0.39, 0.29) is 5.91 Å². The number of likely N-dealkylation sites (N-methyl/N-ethyl adjacent to an activating group) is 2. The molecule has 1 amide bonds. The van der Waals surface area contributed by atoms with Gasteiger partial charge in [0.2, 0.25) is 0 Å².